The second kappa shape index (κ2) is 4.50. The summed E-state index contributed by atoms with van der Waals surface area (Å²) in [6.07, 6.45) is 3.28. The van der Waals surface area contributed by atoms with Crippen molar-refractivity contribution in [1.29, 1.82) is 0 Å². The minimum Gasteiger partial charge on any atom is -0.310 e. The number of nitrogens with one attached hydrogen (secondary N) is 1. The van der Waals surface area contributed by atoms with Gasteiger partial charge < -0.3 is 5.32 Å². The van der Waals surface area contributed by atoms with Crippen molar-refractivity contribution in [3.05, 3.63) is 34.1 Å². The van der Waals surface area contributed by atoms with E-state index in [1.807, 2.05) is 0 Å². The quantitative estimate of drug-likeness (QED) is 0.773. The first-order chi connectivity index (χ1) is 7.20. The summed E-state index contributed by atoms with van der Waals surface area (Å²) >= 11 is 6.05. The minimum absolute atomic E-state index is 0.0890. The molecule has 1 aliphatic heterocycles. The Bertz CT molecular complexity index is 359. The molecule has 0 amide bonds. The number of rotatable bonds is 1. The largest absolute Gasteiger partial charge is 0.310 e. The highest BCUT2D eigenvalue weighted by Gasteiger charge is 2.21. The smallest absolute Gasteiger partial charge is 0.132 e. The molecule has 1 aromatic rings. The van der Waals surface area contributed by atoms with Crippen LogP contribution in [0.1, 0.15) is 36.4 Å². The predicted octanol–water partition coefficient (Wildman–Crippen LogP) is 3.60. The summed E-state index contributed by atoms with van der Waals surface area (Å²) in [6.45, 7) is 2.73. The van der Waals surface area contributed by atoms with Gasteiger partial charge in [0.1, 0.15) is 5.82 Å². The van der Waals surface area contributed by atoms with Crippen LogP contribution < -0.4 is 5.32 Å². The number of piperidine rings is 1. The zero-order valence-corrected chi connectivity index (χ0v) is 9.57. The molecule has 1 saturated heterocycles. The Morgan fingerprint density at radius 3 is 2.87 bits per heavy atom. The van der Waals surface area contributed by atoms with E-state index in [9.17, 15) is 4.39 Å². The summed E-state index contributed by atoms with van der Waals surface area (Å²) in [5, 5.41) is 3.86. The molecule has 1 heterocycles. The van der Waals surface area contributed by atoms with Gasteiger partial charge in [0.25, 0.3) is 0 Å². The van der Waals surface area contributed by atoms with Gasteiger partial charge in [-0.1, -0.05) is 24.1 Å². The van der Waals surface area contributed by atoms with Gasteiger partial charge in [-0.3, -0.25) is 0 Å². The number of aryl methyl sites for hydroxylation is 1. The molecular formula is C12H15ClFN. The van der Waals surface area contributed by atoms with Crippen molar-refractivity contribution in [2.45, 2.75) is 32.2 Å². The van der Waals surface area contributed by atoms with Gasteiger partial charge >= 0.3 is 0 Å². The maximum atomic E-state index is 13.9. The molecule has 0 aliphatic carbocycles. The third-order valence-electron chi connectivity index (χ3n) is 2.98. The van der Waals surface area contributed by atoms with Crippen molar-refractivity contribution in [2.24, 2.45) is 0 Å². The van der Waals surface area contributed by atoms with E-state index in [2.05, 4.69) is 5.32 Å². The van der Waals surface area contributed by atoms with Crippen LogP contribution in [0, 0.1) is 12.7 Å². The van der Waals surface area contributed by atoms with Gasteiger partial charge in [0.05, 0.1) is 0 Å². The molecule has 2 rings (SSSR count). The van der Waals surface area contributed by atoms with Crippen LogP contribution in [0.15, 0.2) is 12.1 Å². The van der Waals surface area contributed by atoms with Crippen LogP contribution in [0.3, 0.4) is 0 Å². The van der Waals surface area contributed by atoms with Crippen LogP contribution >= 0.6 is 11.6 Å². The third-order valence-corrected chi connectivity index (χ3v) is 3.31. The first kappa shape index (κ1) is 10.9. The third kappa shape index (κ3) is 2.16. The zero-order chi connectivity index (χ0) is 10.8. The second-order valence-corrected chi connectivity index (χ2v) is 4.50. The summed E-state index contributed by atoms with van der Waals surface area (Å²) in [6, 6.07) is 3.60. The highest BCUT2D eigenvalue weighted by Crippen LogP contribution is 2.32. The maximum Gasteiger partial charge on any atom is 0.132 e. The lowest BCUT2D eigenvalue weighted by atomic mass is 9.95. The van der Waals surface area contributed by atoms with Crippen LogP contribution in [0.2, 0.25) is 5.02 Å². The fraction of sp³-hybridized carbons (Fsp3) is 0.500. The van der Waals surface area contributed by atoms with E-state index in [1.54, 1.807) is 19.1 Å². The zero-order valence-electron chi connectivity index (χ0n) is 8.82. The summed E-state index contributed by atoms with van der Waals surface area (Å²) in [5.74, 6) is -0.151. The van der Waals surface area contributed by atoms with E-state index in [4.69, 9.17) is 11.6 Å². The van der Waals surface area contributed by atoms with Crippen molar-refractivity contribution in [3.8, 4) is 0 Å². The summed E-state index contributed by atoms with van der Waals surface area (Å²) < 4.78 is 13.9. The standard InChI is InChI=1S/C12H15ClFN/c1-8-5-6-9(13)11(12(8)14)10-4-2-3-7-15-10/h5-6,10,15H,2-4,7H2,1H3/t10-/m1/s1. The Morgan fingerprint density at radius 1 is 1.40 bits per heavy atom. The molecule has 0 spiro atoms. The predicted molar refractivity (Wildman–Crippen MR) is 60.7 cm³/mol. The molecule has 1 aliphatic rings. The number of hydrogen-bond acceptors (Lipinski definition) is 1. The van der Waals surface area contributed by atoms with Crippen LogP contribution in [0.5, 0.6) is 0 Å². The van der Waals surface area contributed by atoms with E-state index in [-0.39, 0.29) is 11.9 Å². The molecule has 0 saturated carbocycles. The van der Waals surface area contributed by atoms with Crippen LogP contribution in [0.4, 0.5) is 4.39 Å². The van der Waals surface area contributed by atoms with Gasteiger partial charge in [-0.05, 0) is 37.9 Å². The van der Waals surface area contributed by atoms with Crippen molar-refractivity contribution in [1.82, 2.24) is 5.32 Å². The van der Waals surface area contributed by atoms with Gasteiger partial charge in [-0.15, -0.1) is 0 Å². The van der Waals surface area contributed by atoms with Gasteiger partial charge in [-0.2, -0.15) is 0 Å². The van der Waals surface area contributed by atoms with Gasteiger partial charge in [0.15, 0.2) is 0 Å². The highest BCUT2D eigenvalue weighted by molar-refractivity contribution is 6.31. The molecule has 82 valence electrons. The molecular weight excluding hydrogens is 213 g/mol. The molecule has 1 atom stereocenters. The van der Waals surface area contributed by atoms with Crippen molar-refractivity contribution < 1.29 is 4.39 Å². The van der Waals surface area contributed by atoms with E-state index in [0.29, 0.717) is 16.1 Å². The van der Waals surface area contributed by atoms with E-state index in [0.717, 1.165) is 19.4 Å². The number of hydrogen-bond donors (Lipinski definition) is 1. The molecule has 0 radical (unpaired) electrons. The lowest BCUT2D eigenvalue weighted by molar-refractivity contribution is 0.399. The minimum atomic E-state index is -0.151. The molecule has 0 aromatic heterocycles. The lowest BCUT2D eigenvalue weighted by Gasteiger charge is -2.25. The van der Waals surface area contributed by atoms with Gasteiger partial charge in [0.2, 0.25) is 0 Å². The molecule has 15 heavy (non-hydrogen) atoms. The lowest BCUT2D eigenvalue weighted by Crippen LogP contribution is -2.28. The number of halogens is 2. The van der Waals surface area contributed by atoms with Crippen LogP contribution in [-0.4, -0.2) is 6.54 Å². The summed E-state index contributed by atoms with van der Waals surface area (Å²) in [4.78, 5) is 0. The van der Waals surface area contributed by atoms with Crippen molar-refractivity contribution >= 4 is 11.6 Å². The van der Waals surface area contributed by atoms with Gasteiger partial charge in [-0.25, -0.2) is 4.39 Å². The molecule has 1 N–H and O–H groups in total. The molecule has 1 aromatic carbocycles. The number of benzene rings is 1. The summed E-state index contributed by atoms with van der Waals surface area (Å²) in [7, 11) is 0. The summed E-state index contributed by atoms with van der Waals surface area (Å²) in [5.41, 5.74) is 1.32. The molecule has 1 fully saturated rings. The average Bonchev–Trinajstić information content (AvgIpc) is 2.26. The Hall–Kier alpha value is -0.600. The van der Waals surface area contributed by atoms with Crippen LogP contribution in [0.25, 0.3) is 0 Å². The molecule has 0 bridgehead atoms. The Balaban J connectivity index is 2.36. The van der Waals surface area contributed by atoms with Crippen molar-refractivity contribution in [3.63, 3.8) is 0 Å². The Labute approximate surface area is 94.6 Å². The molecule has 0 unspecified atom stereocenters. The van der Waals surface area contributed by atoms with Gasteiger partial charge in [0, 0.05) is 16.6 Å². The maximum absolute atomic E-state index is 13.9. The molecule has 3 heteroatoms. The van der Waals surface area contributed by atoms with Crippen LogP contribution in [-0.2, 0) is 0 Å². The van der Waals surface area contributed by atoms with E-state index in [1.165, 1.54) is 6.42 Å². The topological polar surface area (TPSA) is 12.0 Å². The average molecular weight is 228 g/mol. The van der Waals surface area contributed by atoms with E-state index >= 15 is 0 Å². The normalized spacial score (nSPS) is 21.7. The van der Waals surface area contributed by atoms with E-state index < -0.39 is 0 Å². The fourth-order valence-corrected chi connectivity index (χ4v) is 2.37. The first-order valence-electron chi connectivity index (χ1n) is 5.38. The first-order valence-corrected chi connectivity index (χ1v) is 5.76. The Morgan fingerprint density at radius 2 is 2.20 bits per heavy atom. The Kier molecular flexibility index (Phi) is 3.27. The highest BCUT2D eigenvalue weighted by atomic mass is 35.5. The monoisotopic (exact) mass is 227 g/mol. The SMILES string of the molecule is Cc1ccc(Cl)c([C@H]2CCCCN2)c1F. The van der Waals surface area contributed by atoms with Crippen molar-refractivity contribution in [2.75, 3.05) is 6.54 Å². The second-order valence-electron chi connectivity index (χ2n) is 4.09. The molecule has 1 nitrogen and oxygen atoms in total. The fourth-order valence-electron chi connectivity index (χ4n) is 2.10.